The number of halogens is 2. The molecule has 26 heavy (non-hydrogen) atoms. The summed E-state index contributed by atoms with van der Waals surface area (Å²) in [6, 6.07) is 6.51. The Kier molecular flexibility index (Phi) is 6.66. The average molecular weight is 399 g/mol. The molecule has 0 spiro atoms. The summed E-state index contributed by atoms with van der Waals surface area (Å²) in [5.41, 5.74) is 6.29. The fraction of sp³-hybridized carbons (Fsp3) is 0.500. The van der Waals surface area contributed by atoms with Gasteiger partial charge in [-0.25, -0.2) is 0 Å². The Morgan fingerprint density at radius 2 is 1.96 bits per heavy atom. The van der Waals surface area contributed by atoms with Gasteiger partial charge < -0.3 is 15.6 Å². The number of hydrogen-bond acceptors (Lipinski definition) is 5. The molecule has 1 aromatic carbocycles. The van der Waals surface area contributed by atoms with Crippen LogP contribution < -0.4 is 11.1 Å². The van der Waals surface area contributed by atoms with Crippen LogP contribution in [0.5, 0.6) is 0 Å². The molecule has 6 nitrogen and oxygen atoms in total. The number of nitrogens with zero attached hydrogens (tertiary/aromatic N) is 2. The number of aromatic nitrogens is 2. The van der Waals surface area contributed by atoms with E-state index in [1.807, 2.05) is 13.8 Å². The zero-order chi connectivity index (χ0) is 18.0. The van der Waals surface area contributed by atoms with Crippen molar-refractivity contribution < 1.29 is 9.32 Å². The Hall–Kier alpha value is -1.63. The molecule has 1 amide bonds. The zero-order valence-electron chi connectivity index (χ0n) is 14.9. The minimum absolute atomic E-state index is 0. The van der Waals surface area contributed by atoms with Gasteiger partial charge >= 0.3 is 0 Å². The summed E-state index contributed by atoms with van der Waals surface area (Å²) in [5, 5.41) is 7.43. The molecular formula is C18H24Cl2N4O2. The molecule has 142 valence electrons. The van der Waals surface area contributed by atoms with Gasteiger partial charge in [-0.2, -0.15) is 4.98 Å². The summed E-state index contributed by atoms with van der Waals surface area (Å²) in [6.45, 7) is 3.96. The second kappa shape index (κ2) is 8.37. The number of carbonyl (C=O) groups excluding carboxylic acids is 1. The first kappa shape index (κ1) is 20.7. The van der Waals surface area contributed by atoms with Crippen molar-refractivity contribution in [1.29, 1.82) is 0 Å². The quantitative estimate of drug-likeness (QED) is 0.793. The molecule has 1 unspecified atom stereocenters. The largest absolute Gasteiger partial charge is 0.340 e. The van der Waals surface area contributed by atoms with Crippen molar-refractivity contribution in [3.8, 4) is 0 Å². The van der Waals surface area contributed by atoms with Gasteiger partial charge in [-0.05, 0) is 30.9 Å². The average Bonchev–Trinajstić information content (AvgIpc) is 3.22. The number of carbonyl (C=O) groups is 1. The summed E-state index contributed by atoms with van der Waals surface area (Å²) in [6.07, 6.45) is 3.84. The van der Waals surface area contributed by atoms with Gasteiger partial charge in [0.2, 0.25) is 5.89 Å². The van der Waals surface area contributed by atoms with Gasteiger partial charge in [0.15, 0.2) is 5.82 Å². The molecule has 0 bridgehead atoms. The van der Waals surface area contributed by atoms with Gasteiger partial charge in [-0.3, -0.25) is 4.79 Å². The van der Waals surface area contributed by atoms with E-state index in [4.69, 9.17) is 21.9 Å². The summed E-state index contributed by atoms with van der Waals surface area (Å²) >= 11 is 6.11. The highest BCUT2D eigenvalue weighted by atomic mass is 35.5. The van der Waals surface area contributed by atoms with Crippen LogP contribution in [0.25, 0.3) is 0 Å². The molecule has 8 heteroatoms. The fourth-order valence-corrected chi connectivity index (χ4v) is 3.39. The predicted octanol–water partition coefficient (Wildman–Crippen LogP) is 4.00. The minimum atomic E-state index is -0.518. The maximum atomic E-state index is 12.6. The van der Waals surface area contributed by atoms with Crippen molar-refractivity contribution in [2.45, 2.75) is 51.1 Å². The van der Waals surface area contributed by atoms with Crippen molar-refractivity contribution in [2.75, 3.05) is 0 Å². The molecule has 1 heterocycles. The second-order valence-electron chi connectivity index (χ2n) is 6.99. The van der Waals surface area contributed by atoms with E-state index < -0.39 is 11.6 Å². The minimum Gasteiger partial charge on any atom is -0.340 e. The maximum Gasteiger partial charge on any atom is 0.253 e. The van der Waals surface area contributed by atoms with Crippen molar-refractivity contribution >= 4 is 29.9 Å². The first-order valence-corrected chi connectivity index (χ1v) is 8.97. The smallest absolute Gasteiger partial charge is 0.253 e. The Morgan fingerprint density at radius 3 is 2.58 bits per heavy atom. The van der Waals surface area contributed by atoms with Gasteiger partial charge in [0.05, 0.1) is 16.1 Å². The molecule has 2 aromatic rings. The van der Waals surface area contributed by atoms with Gasteiger partial charge in [-0.15, -0.1) is 12.4 Å². The lowest BCUT2D eigenvalue weighted by Gasteiger charge is -2.20. The van der Waals surface area contributed by atoms with Crippen LogP contribution in [-0.4, -0.2) is 16.0 Å². The van der Waals surface area contributed by atoms with Crippen LogP contribution in [0.2, 0.25) is 5.02 Å². The first-order valence-electron chi connectivity index (χ1n) is 8.59. The highest BCUT2D eigenvalue weighted by molar-refractivity contribution is 6.33. The molecule has 0 radical (unpaired) electrons. The Labute approximate surface area is 164 Å². The Morgan fingerprint density at radius 1 is 1.31 bits per heavy atom. The zero-order valence-corrected chi connectivity index (χ0v) is 16.4. The van der Waals surface area contributed by atoms with Crippen molar-refractivity contribution in [3.05, 3.63) is 46.6 Å². The molecule has 1 aliphatic carbocycles. The van der Waals surface area contributed by atoms with E-state index in [9.17, 15) is 4.79 Å². The standard InChI is InChI=1S/C18H23ClN4O2.ClH/c1-11(2)14(21-15(24)12-7-3-4-8-13(12)19)16-22-17(23-25-16)18(20)9-5-6-10-18;/h3-4,7-8,11,14H,5-6,9-10,20H2,1-2H3,(H,21,24);1H. The molecular weight excluding hydrogens is 375 g/mol. The molecule has 1 fully saturated rings. The summed E-state index contributed by atoms with van der Waals surface area (Å²) in [7, 11) is 0. The monoisotopic (exact) mass is 398 g/mol. The van der Waals surface area contributed by atoms with Crippen LogP contribution in [0.1, 0.15) is 67.6 Å². The summed E-state index contributed by atoms with van der Waals surface area (Å²) in [5.74, 6) is 0.698. The van der Waals surface area contributed by atoms with Crippen LogP contribution in [0.15, 0.2) is 28.8 Å². The topological polar surface area (TPSA) is 94.0 Å². The summed E-state index contributed by atoms with van der Waals surface area (Å²) in [4.78, 5) is 17.1. The number of benzene rings is 1. The third-order valence-electron chi connectivity index (χ3n) is 4.72. The molecule has 1 atom stereocenters. The molecule has 3 rings (SSSR count). The molecule has 3 N–H and O–H groups in total. The van der Waals surface area contributed by atoms with E-state index in [0.717, 1.165) is 25.7 Å². The van der Waals surface area contributed by atoms with Crippen molar-refractivity contribution in [3.63, 3.8) is 0 Å². The Balaban J connectivity index is 0.00000243. The third-order valence-corrected chi connectivity index (χ3v) is 5.05. The molecule has 1 aliphatic rings. The molecule has 0 aliphatic heterocycles. The van der Waals surface area contributed by atoms with Crippen molar-refractivity contribution in [2.24, 2.45) is 11.7 Å². The highest BCUT2D eigenvalue weighted by Gasteiger charge is 2.37. The van der Waals surface area contributed by atoms with Crippen LogP contribution in [0.3, 0.4) is 0 Å². The second-order valence-corrected chi connectivity index (χ2v) is 7.40. The van der Waals surface area contributed by atoms with Gasteiger partial charge in [-0.1, -0.05) is 55.6 Å². The van der Waals surface area contributed by atoms with E-state index >= 15 is 0 Å². The van der Waals surface area contributed by atoms with Crippen LogP contribution in [-0.2, 0) is 5.54 Å². The van der Waals surface area contributed by atoms with Crippen LogP contribution in [0, 0.1) is 5.92 Å². The SMILES string of the molecule is CC(C)C(NC(=O)c1ccccc1Cl)c1nc(C2(N)CCCC2)no1.Cl. The molecule has 1 aromatic heterocycles. The lowest BCUT2D eigenvalue weighted by molar-refractivity contribution is 0.0914. The first-order chi connectivity index (χ1) is 11.9. The normalized spacial score (nSPS) is 17.0. The van der Waals surface area contributed by atoms with Gasteiger partial charge in [0.25, 0.3) is 5.91 Å². The van der Waals surface area contributed by atoms with Crippen LogP contribution in [0.4, 0.5) is 0 Å². The predicted molar refractivity (Wildman–Crippen MR) is 102 cm³/mol. The van der Waals surface area contributed by atoms with Crippen LogP contribution >= 0.6 is 24.0 Å². The molecule has 0 saturated heterocycles. The number of hydrogen-bond donors (Lipinski definition) is 2. The van der Waals surface area contributed by atoms with Gasteiger partial charge in [0.1, 0.15) is 6.04 Å². The summed E-state index contributed by atoms with van der Waals surface area (Å²) < 4.78 is 5.44. The molecule has 1 saturated carbocycles. The van der Waals surface area contributed by atoms with E-state index in [0.29, 0.717) is 22.3 Å². The Bertz CT molecular complexity index is 757. The third kappa shape index (κ3) is 4.19. The highest BCUT2D eigenvalue weighted by Crippen LogP contribution is 2.35. The maximum absolute atomic E-state index is 12.6. The number of rotatable bonds is 5. The fourth-order valence-electron chi connectivity index (χ4n) is 3.17. The van der Waals surface area contributed by atoms with Gasteiger partial charge in [0, 0.05) is 0 Å². The lowest BCUT2D eigenvalue weighted by Crippen LogP contribution is -2.35. The van der Waals surface area contributed by atoms with Crippen molar-refractivity contribution in [1.82, 2.24) is 15.5 Å². The van der Waals surface area contributed by atoms with E-state index in [1.54, 1.807) is 24.3 Å². The van der Waals surface area contributed by atoms with E-state index in [2.05, 4.69) is 15.5 Å². The number of amides is 1. The number of nitrogens with two attached hydrogens (primary N) is 1. The van der Waals surface area contributed by atoms with E-state index in [-0.39, 0.29) is 24.2 Å². The lowest BCUT2D eigenvalue weighted by atomic mass is 9.98. The van der Waals surface area contributed by atoms with E-state index in [1.165, 1.54) is 0 Å². The number of nitrogens with one attached hydrogen (secondary N) is 1.